The van der Waals surface area contributed by atoms with Crippen LogP contribution in [0, 0.1) is 0 Å². The molecule has 0 aliphatic rings. The van der Waals surface area contributed by atoms with Crippen molar-refractivity contribution in [3.05, 3.63) is 34.9 Å². The normalized spacial score (nSPS) is 12.5. The third kappa shape index (κ3) is 5.33. The van der Waals surface area contributed by atoms with Crippen LogP contribution in [0.4, 0.5) is 0 Å². The van der Waals surface area contributed by atoms with Gasteiger partial charge in [0.1, 0.15) is 0 Å². The number of rotatable bonds is 7. The van der Waals surface area contributed by atoms with E-state index in [-0.39, 0.29) is 13.2 Å². The van der Waals surface area contributed by atoms with Gasteiger partial charge in [-0.05, 0) is 38.5 Å². The summed E-state index contributed by atoms with van der Waals surface area (Å²) in [7, 11) is -3.62. The van der Waals surface area contributed by atoms with E-state index in [9.17, 15) is 4.57 Å². The van der Waals surface area contributed by atoms with Crippen LogP contribution in [-0.2, 0) is 18.2 Å². The molecule has 0 spiro atoms. The van der Waals surface area contributed by atoms with E-state index in [1.54, 1.807) is 45.0 Å². The predicted molar refractivity (Wildman–Crippen MR) is 75.6 cm³/mol. The van der Waals surface area contributed by atoms with Crippen molar-refractivity contribution >= 4 is 25.1 Å². The van der Waals surface area contributed by atoms with Crippen LogP contribution < -0.4 is 0 Å². The van der Waals surface area contributed by atoms with Gasteiger partial charge < -0.3 is 0 Å². The standard InChI is InChI=1S/C12H17ClNO4P/c1-4-16-19(15,17-5-2)18-14-10(3)11-6-8-12(13)9-7-11/h6-9H,4-5H2,1-3H3/b14-10-. The van der Waals surface area contributed by atoms with Crippen LogP contribution in [0.25, 0.3) is 0 Å². The molecular weight excluding hydrogens is 289 g/mol. The molecule has 1 rings (SSSR count). The lowest BCUT2D eigenvalue weighted by Gasteiger charge is -2.13. The fourth-order valence-corrected chi connectivity index (χ4v) is 2.41. The van der Waals surface area contributed by atoms with Gasteiger partial charge in [-0.1, -0.05) is 28.9 Å². The Morgan fingerprint density at radius 3 is 2.21 bits per heavy atom. The summed E-state index contributed by atoms with van der Waals surface area (Å²) < 4.78 is 26.8. The molecule has 0 aliphatic carbocycles. The zero-order valence-electron chi connectivity index (χ0n) is 11.1. The van der Waals surface area contributed by atoms with E-state index in [1.165, 1.54) is 0 Å². The molecule has 0 unspecified atom stereocenters. The third-order valence-electron chi connectivity index (χ3n) is 2.11. The number of oxime groups is 1. The monoisotopic (exact) mass is 305 g/mol. The Kier molecular flexibility index (Phi) is 6.52. The first kappa shape index (κ1) is 16.2. The molecule has 1 aromatic carbocycles. The third-order valence-corrected chi connectivity index (χ3v) is 3.80. The molecule has 0 saturated carbocycles. The summed E-state index contributed by atoms with van der Waals surface area (Å²) in [6, 6.07) is 7.05. The second-order valence-electron chi connectivity index (χ2n) is 3.55. The minimum atomic E-state index is -3.62. The van der Waals surface area contributed by atoms with Gasteiger partial charge in [0.2, 0.25) is 0 Å². The summed E-state index contributed by atoms with van der Waals surface area (Å²) in [5, 5.41) is 4.43. The van der Waals surface area contributed by atoms with E-state index in [2.05, 4.69) is 5.16 Å². The number of halogens is 1. The fourth-order valence-electron chi connectivity index (χ4n) is 1.26. The van der Waals surface area contributed by atoms with E-state index in [1.807, 2.05) is 0 Å². The lowest BCUT2D eigenvalue weighted by molar-refractivity contribution is 0.125. The topological polar surface area (TPSA) is 57.1 Å². The van der Waals surface area contributed by atoms with Crippen molar-refractivity contribution < 1.29 is 18.2 Å². The lowest BCUT2D eigenvalue weighted by atomic mass is 10.1. The van der Waals surface area contributed by atoms with Gasteiger partial charge in [-0.25, -0.2) is 4.57 Å². The van der Waals surface area contributed by atoms with Crippen LogP contribution >= 0.6 is 19.4 Å². The fraction of sp³-hybridized carbons (Fsp3) is 0.417. The predicted octanol–water partition coefficient (Wildman–Crippen LogP) is 4.26. The van der Waals surface area contributed by atoms with Gasteiger partial charge in [-0.15, -0.1) is 0 Å². The Hall–Kier alpha value is -0.870. The number of phosphoric ester groups is 1. The van der Waals surface area contributed by atoms with Crippen LogP contribution in [0.3, 0.4) is 0 Å². The molecule has 7 heteroatoms. The molecule has 0 amide bonds. The highest BCUT2D eigenvalue weighted by atomic mass is 35.5. The molecule has 0 atom stereocenters. The molecule has 1 aromatic rings. The average molecular weight is 306 g/mol. The molecule has 0 radical (unpaired) electrons. The van der Waals surface area contributed by atoms with E-state index in [0.29, 0.717) is 10.7 Å². The molecular formula is C12H17ClNO4P. The Morgan fingerprint density at radius 1 is 1.21 bits per heavy atom. The van der Waals surface area contributed by atoms with Gasteiger partial charge in [0.25, 0.3) is 0 Å². The first-order chi connectivity index (χ1) is 9.00. The highest BCUT2D eigenvalue weighted by molar-refractivity contribution is 7.48. The average Bonchev–Trinajstić information content (AvgIpc) is 2.37. The van der Waals surface area contributed by atoms with Crippen molar-refractivity contribution in [1.82, 2.24) is 0 Å². The SMILES string of the molecule is CCOP(=O)(OCC)O/N=C(/C)c1ccc(Cl)cc1. The van der Waals surface area contributed by atoms with Crippen molar-refractivity contribution in [3.63, 3.8) is 0 Å². The Bertz CT molecular complexity index is 465. The van der Waals surface area contributed by atoms with Gasteiger partial charge >= 0.3 is 7.82 Å². The smallest absolute Gasteiger partial charge is 0.292 e. The minimum absolute atomic E-state index is 0.215. The molecule has 0 N–H and O–H groups in total. The molecule has 19 heavy (non-hydrogen) atoms. The number of benzene rings is 1. The molecule has 106 valence electrons. The Labute approximate surface area is 118 Å². The molecule has 0 fully saturated rings. The zero-order valence-corrected chi connectivity index (χ0v) is 12.8. The molecule has 5 nitrogen and oxygen atoms in total. The molecule has 0 aliphatic heterocycles. The van der Waals surface area contributed by atoms with E-state index in [4.69, 9.17) is 25.3 Å². The first-order valence-corrected chi connectivity index (χ1v) is 7.73. The minimum Gasteiger partial charge on any atom is -0.292 e. The number of hydrogen-bond acceptors (Lipinski definition) is 5. The van der Waals surface area contributed by atoms with E-state index in [0.717, 1.165) is 5.56 Å². The summed E-state index contributed by atoms with van der Waals surface area (Å²) in [5.74, 6) is 0. The number of nitrogens with zero attached hydrogens (tertiary/aromatic N) is 1. The van der Waals surface area contributed by atoms with Crippen LogP contribution in [0.5, 0.6) is 0 Å². The Balaban J connectivity index is 2.78. The molecule has 0 aromatic heterocycles. The second-order valence-corrected chi connectivity index (χ2v) is 5.56. The summed E-state index contributed by atoms with van der Waals surface area (Å²) in [5.41, 5.74) is 1.36. The zero-order chi connectivity index (χ0) is 14.3. The van der Waals surface area contributed by atoms with Gasteiger partial charge in [-0.2, -0.15) is 0 Å². The van der Waals surface area contributed by atoms with Gasteiger partial charge in [0.05, 0.1) is 18.9 Å². The molecule has 0 heterocycles. The lowest BCUT2D eigenvalue weighted by Crippen LogP contribution is -2.00. The summed E-state index contributed by atoms with van der Waals surface area (Å²) in [4.78, 5) is 0. The van der Waals surface area contributed by atoms with Gasteiger partial charge in [0, 0.05) is 5.02 Å². The first-order valence-electron chi connectivity index (χ1n) is 5.89. The van der Waals surface area contributed by atoms with Crippen LogP contribution in [0.15, 0.2) is 29.4 Å². The van der Waals surface area contributed by atoms with Crippen molar-refractivity contribution in [2.45, 2.75) is 20.8 Å². The maximum atomic E-state index is 12.0. The Morgan fingerprint density at radius 2 is 1.74 bits per heavy atom. The van der Waals surface area contributed by atoms with Crippen LogP contribution in [0.2, 0.25) is 5.02 Å². The van der Waals surface area contributed by atoms with Crippen molar-refractivity contribution in [2.75, 3.05) is 13.2 Å². The largest absolute Gasteiger partial charge is 0.550 e. The maximum Gasteiger partial charge on any atom is 0.550 e. The highest BCUT2D eigenvalue weighted by Gasteiger charge is 2.27. The van der Waals surface area contributed by atoms with Gasteiger partial charge in [0.15, 0.2) is 0 Å². The van der Waals surface area contributed by atoms with E-state index >= 15 is 0 Å². The molecule has 0 bridgehead atoms. The highest BCUT2D eigenvalue weighted by Crippen LogP contribution is 2.49. The van der Waals surface area contributed by atoms with Crippen LogP contribution in [-0.4, -0.2) is 18.9 Å². The van der Waals surface area contributed by atoms with Gasteiger partial charge in [-0.3, -0.25) is 13.7 Å². The quantitative estimate of drug-likeness (QED) is 0.429. The maximum absolute atomic E-state index is 12.0. The second kappa shape index (κ2) is 7.65. The summed E-state index contributed by atoms with van der Waals surface area (Å²) >= 11 is 5.79. The number of hydrogen-bond donors (Lipinski definition) is 0. The van der Waals surface area contributed by atoms with Crippen molar-refractivity contribution in [1.29, 1.82) is 0 Å². The van der Waals surface area contributed by atoms with Crippen molar-refractivity contribution in [3.8, 4) is 0 Å². The van der Waals surface area contributed by atoms with Crippen molar-refractivity contribution in [2.24, 2.45) is 5.16 Å². The summed E-state index contributed by atoms with van der Waals surface area (Å²) in [6.45, 7) is 5.56. The molecule has 0 saturated heterocycles. The van der Waals surface area contributed by atoms with Crippen LogP contribution in [0.1, 0.15) is 26.3 Å². The number of phosphoric acid groups is 1. The van der Waals surface area contributed by atoms with E-state index < -0.39 is 7.82 Å². The summed E-state index contributed by atoms with van der Waals surface area (Å²) in [6.07, 6.45) is 0.